The summed E-state index contributed by atoms with van der Waals surface area (Å²) in [6, 6.07) is 3.42. The van der Waals surface area contributed by atoms with Crippen LogP contribution in [-0.2, 0) is 4.79 Å². The Morgan fingerprint density at radius 1 is 1.60 bits per heavy atom. The fourth-order valence-electron chi connectivity index (χ4n) is 1.34. The highest BCUT2D eigenvalue weighted by Gasteiger charge is 2.13. The monoisotopic (exact) mass is 359 g/mol. The number of thiocarbonyl (C=S) groups is 1. The van der Waals surface area contributed by atoms with Crippen molar-refractivity contribution in [2.45, 2.75) is 13.8 Å². The topological polar surface area (TPSA) is 85.9 Å². The molecule has 20 heavy (non-hydrogen) atoms. The number of ether oxygens (including phenoxy) is 2. The van der Waals surface area contributed by atoms with Crippen molar-refractivity contribution in [2.24, 2.45) is 10.8 Å². The van der Waals surface area contributed by atoms with Crippen molar-refractivity contribution in [2.75, 3.05) is 6.61 Å². The molecule has 0 fully saturated rings. The summed E-state index contributed by atoms with van der Waals surface area (Å²) >= 11 is 7.96. The molecule has 108 valence electrons. The first kappa shape index (κ1) is 16.4. The Labute approximate surface area is 130 Å². The average molecular weight is 360 g/mol. The minimum Gasteiger partial charge on any atom is -0.490 e. The Morgan fingerprint density at radius 2 is 2.30 bits per heavy atom. The molecule has 0 spiro atoms. The molecule has 0 saturated heterocycles. The number of esters is 1. The van der Waals surface area contributed by atoms with Crippen molar-refractivity contribution in [1.82, 2.24) is 5.43 Å². The standard InChI is InChI=1S/C12H14BrN3O3S/c1-3-18-10-5-8(6-15-16-12(14)20)4-9(13)11(10)19-7(2)17/h4-6H,3H2,1-2H3,(H3,14,16,20)/b15-6-. The zero-order chi connectivity index (χ0) is 15.1. The van der Waals surface area contributed by atoms with E-state index in [4.69, 9.17) is 15.2 Å². The van der Waals surface area contributed by atoms with E-state index < -0.39 is 5.97 Å². The third-order valence-electron chi connectivity index (χ3n) is 1.97. The minimum absolute atomic E-state index is 0.0712. The molecular weight excluding hydrogens is 346 g/mol. The SMILES string of the molecule is CCOc1cc(/C=N\NC(N)=S)cc(Br)c1OC(C)=O. The molecule has 0 aliphatic carbocycles. The number of carbonyl (C=O) groups excluding carboxylic acids is 1. The molecule has 0 bridgehead atoms. The summed E-state index contributed by atoms with van der Waals surface area (Å²) in [6.45, 7) is 3.59. The maximum Gasteiger partial charge on any atom is 0.308 e. The van der Waals surface area contributed by atoms with Gasteiger partial charge in [-0.15, -0.1) is 0 Å². The number of rotatable bonds is 5. The lowest BCUT2D eigenvalue weighted by atomic mass is 10.2. The van der Waals surface area contributed by atoms with Crippen molar-refractivity contribution in [3.05, 3.63) is 22.2 Å². The van der Waals surface area contributed by atoms with Gasteiger partial charge < -0.3 is 15.2 Å². The molecule has 1 aromatic rings. The first-order valence-electron chi connectivity index (χ1n) is 5.67. The van der Waals surface area contributed by atoms with Crippen LogP contribution in [0.4, 0.5) is 0 Å². The van der Waals surface area contributed by atoms with Gasteiger partial charge in [0.1, 0.15) is 0 Å². The second-order valence-corrected chi connectivity index (χ2v) is 4.89. The van der Waals surface area contributed by atoms with E-state index in [1.165, 1.54) is 13.1 Å². The van der Waals surface area contributed by atoms with E-state index in [9.17, 15) is 4.79 Å². The predicted molar refractivity (Wildman–Crippen MR) is 84.1 cm³/mol. The van der Waals surface area contributed by atoms with E-state index in [0.29, 0.717) is 22.6 Å². The summed E-state index contributed by atoms with van der Waals surface area (Å²) in [6.07, 6.45) is 1.52. The lowest BCUT2D eigenvalue weighted by Crippen LogP contribution is -2.24. The molecule has 0 saturated carbocycles. The van der Waals surface area contributed by atoms with Crippen LogP contribution < -0.4 is 20.6 Å². The highest BCUT2D eigenvalue weighted by Crippen LogP contribution is 2.36. The van der Waals surface area contributed by atoms with Crippen molar-refractivity contribution in [3.8, 4) is 11.5 Å². The largest absolute Gasteiger partial charge is 0.490 e. The van der Waals surface area contributed by atoms with Gasteiger partial charge in [-0.3, -0.25) is 10.2 Å². The molecule has 0 aromatic heterocycles. The summed E-state index contributed by atoms with van der Waals surface area (Å²) in [4.78, 5) is 11.1. The molecule has 1 rings (SSSR count). The molecule has 0 unspecified atom stereocenters. The first-order valence-corrected chi connectivity index (χ1v) is 6.87. The number of carbonyl (C=O) groups is 1. The maximum atomic E-state index is 11.1. The third kappa shape index (κ3) is 5.14. The quantitative estimate of drug-likeness (QED) is 0.274. The van der Waals surface area contributed by atoms with Crippen molar-refractivity contribution in [3.63, 3.8) is 0 Å². The van der Waals surface area contributed by atoms with Gasteiger partial charge >= 0.3 is 5.97 Å². The molecule has 1 aromatic carbocycles. The van der Waals surface area contributed by atoms with Crippen LogP contribution in [0.3, 0.4) is 0 Å². The van der Waals surface area contributed by atoms with Crippen LogP contribution in [-0.4, -0.2) is 23.9 Å². The van der Waals surface area contributed by atoms with Crippen LogP contribution in [0.25, 0.3) is 0 Å². The summed E-state index contributed by atoms with van der Waals surface area (Å²) in [5.41, 5.74) is 8.43. The lowest BCUT2D eigenvalue weighted by Gasteiger charge is -2.12. The zero-order valence-corrected chi connectivity index (χ0v) is 13.4. The van der Waals surface area contributed by atoms with Gasteiger partial charge in [-0.1, -0.05) is 0 Å². The summed E-state index contributed by atoms with van der Waals surface area (Å²) in [5.74, 6) is 0.343. The number of hydrazone groups is 1. The highest BCUT2D eigenvalue weighted by atomic mass is 79.9. The van der Waals surface area contributed by atoms with Crippen molar-refractivity contribution >= 4 is 45.4 Å². The Kier molecular flexibility index (Phi) is 6.40. The average Bonchev–Trinajstić information content (AvgIpc) is 2.33. The van der Waals surface area contributed by atoms with Gasteiger partial charge in [-0.25, -0.2) is 0 Å². The van der Waals surface area contributed by atoms with E-state index in [2.05, 4.69) is 38.7 Å². The highest BCUT2D eigenvalue weighted by molar-refractivity contribution is 9.10. The normalized spacial score (nSPS) is 10.3. The molecule has 0 amide bonds. The fraction of sp³-hybridized carbons (Fsp3) is 0.250. The van der Waals surface area contributed by atoms with Gasteiger partial charge in [0, 0.05) is 6.92 Å². The number of nitrogens with zero attached hydrogens (tertiary/aromatic N) is 1. The first-order chi connectivity index (χ1) is 9.43. The van der Waals surface area contributed by atoms with Gasteiger partial charge in [-0.05, 0) is 52.8 Å². The Hall–Kier alpha value is -1.67. The number of nitrogens with one attached hydrogen (secondary N) is 1. The summed E-state index contributed by atoms with van der Waals surface area (Å²) in [5, 5.41) is 3.92. The molecule has 0 radical (unpaired) electrons. The summed E-state index contributed by atoms with van der Waals surface area (Å²) in [7, 11) is 0. The minimum atomic E-state index is -0.428. The van der Waals surface area contributed by atoms with Gasteiger partial charge in [0.25, 0.3) is 0 Å². The molecule has 0 aliphatic heterocycles. The van der Waals surface area contributed by atoms with Crippen LogP contribution in [0.15, 0.2) is 21.7 Å². The smallest absolute Gasteiger partial charge is 0.308 e. The number of hydrogen-bond donors (Lipinski definition) is 2. The van der Waals surface area contributed by atoms with Crippen molar-refractivity contribution < 1.29 is 14.3 Å². The summed E-state index contributed by atoms with van der Waals surface area (Å²) < 4.78 is 11.1. The molecule has 0 heterocycles. The number of halogens is 1. The van der Waals surface area contributed by atoms with Gasteiger partial charge in [0.2, 0.25) is 0 Å². The Bertz CT molecular complexity index is 549. The predicted octanol–water partition coefficient (Wildman–Crippen LogP) is 1.94. The van der Waals surface area contributed by atoms with Crippen LogP contribution in [0.2, 0.25) is 0 Å². The van der Waals surface area contributed by atoms with Gasteiger partial charge in [-0.2, -0.15) is 5.10 Å². The molecule has 0 aliphatic rings. The van der Waals surface area contributed by atoms with E-state index in [1.807, 2.05) is 6.92 Å². The van der Waals surface area contributed by atoms with E-state index in [-0.39, 0.29) is 5.11 Å². The van der Waals surface area contributed by atoms with Crippen LogP contribution in [0.5, 0.6) is 11.5 Å². The second kappa shape index (κ2) is 7.81. The van der Waals surface area contributed by atoms with E-state index in [1.54, 1.807) is 12.1 Å². The Balaban J connectivity index is 3.08. The number of hydrogen-bond acceptors (Lipinski definition) is 5. The molecule has 0 atom stereocenters. The van der Waals surface area contributed by atoms with E-state index in [0.717, 1.165) is 5.56 Å². The maximum absolute atomic E-state index is 11.1. The van der Waals surface area contributed by atoms with Crippen LogP contribution >= 0.6 is 28.1 Å². The lowest BCUT2D eigenvalue weighted by molar-refractivity contribution is -0.132. The van der Waals surface area contributed by atoms with Crippen LogP contribution in [0.1, 0.15) is 19.4 Å². The van der Waals surface area contributed by atoms with Gasteiger partial charge in [0.15, 0.2) is 16.6 Å². The third-order valence-corrected chi connectivity index (χ3v) is 2.65. The molecule has 3 N–H and O–H groups in total. The Morgan fingerprint density at radius 3 is 2.85 bits per heavy atom. The van der Waals surface area contributed by atoms with E-state index >= 15 is 0 Å². The van der Waals surface area contributed by atoms with Gasteiger partial charge in [0.05, 0.1) is 17.3 Å². The molecule has 6 nitrogen and oxygen atoms in total. The van der Waals surface area contributed by atoms with Crippen LogP contribution in [0, 0.1) is 0 Å². The molecule has 8 heteroatoms. The van der Waals surface area contributed by atoms with Crippen molar-refractivity contribution in [1.29, 1.82) is 0 Å². The zero-order valence-electron chi connectivity index (χ0n) is 11.0. The second-order valence-electron chi connectivity index (χ2n) is 3.59. The molecular formula is C12H14BrN3O3S. The number of benzene rings is 1. The number of nitrogens with two attached hydrogens (primary N) is 1. The fourth-order valence-corrected chi connectivity index (χ4v) is 1.93.